The van der Waals surface area contributed by atoms with Gasteiger partial charge in [0.1, 0.15) is 5.75 Å². The molecule has 1 N–H and O–H groups in total. The third-order valence-corrected chi connectivity index (χ3v) is 2.87. The van der Waals surface area contributed by atoms with E-state index in [0.717, 1.165) is 12.1 Å². The Kier molecular flexibility index (Phi) is 4.29. The van der Waals surface area contributed by atoms with Crippen molar-refractivity contribution in [3.63, 3.8) is 0 Å². The van der Waals surface area contributed by atoms with Crippen molar-refractivity contribution >= 4 is 15.9 Å². The summed E-state index contributed by atoms with van der Waals surface area (Å²) in [6, 6.07) is 6.05. The largest absolute Gasteiger partial charge is 0.439 e. The van der Waals surface area contributed by atoms with Gasteiger partial charge in [-0.1, -0.05) is 6.07 Å². The van der Waals surface area contributed by atoms with Gasteiger partial charge in [-0.3, -0.25) is 0 Å². The molecule has 0 unspecified atom stereocenters. The minimum atomic E-state index is -4.44. The zero-order valence-corrected chi connectivity index (χ0v) is 11.6. The van der Waals surface area contributed by atoms with Crippen LogP contribution in [0.25, 0.3) is 0 Å². The summed E-state index contributed by atoms with van der Waals surface area (Å²) in [7, 11) is 0. The van der Waals surface area contributed by atoms with Crippen molar-refractivity contribution in [2.75, 3.05) is 0 Å². The molecule has 1 aromatic heterocycles. The van der Waals surface area contributed by atoms with Crippen LogP contribution >= 0.6 is 15.9 Å². The first-order chi connectivity index (χ1) is 9.40. The average Bonchev–Trinajstić information content (AvgIpc) is 2.40. The number of aliphatic hydroxyl groups excluding tert-OH is 1. The van der Waals surface area contributed by atoms with Gasteiger partial charge in [-0.25, -0.2) is 4.98 Å². The fraction of sp³-hybridized carbons (Fsp3) is 0.154. The number of rotatable bonds is 3. The Balaban J connectivity index is 2.31. The van der Waals surface area contributed by atoms with E-state index in [1.165, 1.54) is 18.3 Å². The van der Waals surface area contributed by atoms with Gasteiger partial charge in [-0.15, -0.1) is 0 Å². The topological polar surface area (TPSA) is 42.4 Å². The van der Waals surface area contributed by atoms with Crippen molar-refractivity contribution in [3.05, 3.63) is 52.1 Å². The number of hydrogen-bond acceptors (Lipinski definition) is 3. The Morgan fingerprint density at radius 1 is 1.25 bits per heavy atom. The number of alkyl halides is 3. The molecular weight excluding hydrogens is 339 g/mol. The minimum absolute atomic E-state index is 0.00403. The summed E-state index contributed by atoms with van der Waals surface area (Å²) >= 11 is 3.18. The summed E-state index contributed by atoms with van der Waals surface area (Å²) in [5, 5.41) is 9.18. The van der Waals surface area contributed by atoms with E-state index in [0.29, 0.717) is 10.0 Å². The number of aliphatic hydroxyl groups is 1. The fourth-order valence-corrected chi connectivity index (χ4v) is 1.90. The van der Waals surface area contributed by atoms with Gasteiger partial charge in [0, 0.05) is 16.2 Å². The van der Waals surface area contributed by atoms with E-state index >= 15 is 0 Å². The third-order valence-electron chi connectivity index (χ3n) is 2.44. The highest BCUT2D eigenvalue weighted by Gasteiger charge is 2.30. The van der Waals surface area contributed by atoms with Crippen LogP contribution in [0.3, 0.4) is 0 Å². The number of halogens is 4. The van der Waals surface area contributed by atoms with E-state index in [9.17, 15) is 18.3 Å². The van der Waals surface area contributed by atoms with E-state index in [1.54, 1.807) is 6.07 Å². The van der Waals surface area contributed by atoms with Gasteiger partial charge in [0.2, 0.25) is 5.88 Å². The molecule has 1 heterocycles. The molecule has 0 spiro atoms. The van der Waals surface area contributed by atoms with Crippen LogP contribution in [0.5, 0.6) is 11.6 Å². The smallest absolute Gasteiger partial charge is 0.416 e. The third kappa shape index (κ3) is 3.49. The summed E-state index contributed by atoms with van der Waals surface area (Å²) in [5.41, 5.74) is -0.436. The summed E-state index contributed by atoms with van der Waals surface area (Å²) in [6.45, 7) is -0.333. The van der Waals surface area contributed by atoms with Crippen LogP contribution in [-0.4, -0.2) is 10.1 Å². The van der Waals surface area contributed by atoms with Gasteiger partial charge >= 0.3 is 6.18 Å². The van der Waals surface area contributed by atoms with E-state index in [2.05, 4.69) is 20.9 Å². The van der Waals surface area contributed by atoms with Gasteiger partial charge < -0.3 is 9.84 Å². The Hall–Kier alpha value is -1.60. The molecule has 0 atom stereocenters. The molecule has 7 heteroatoms. The second-order valence-electron chi connectivity index (χ2n) is 3.90. The molecule has 3 nitrogen and oxygen atoms in total. The van der Waals surface area contributed by atoms with Crippen molar-refractivity contribution in [3.8, 4) is 11.6 Å². The number of hydrogen-bond donors (Lipinski definition) is 1. The molecule has 0 fully saturated rings. The lowest BCUT2D eigenvalue weighted by Crippen LogP contribution is -2.04. The van der Waals surface area contributed by atoms with Crippen molar-refractivity contribution in [1.29, 1.82) is 0 Å². The van der Waals surface area contributed by atoms with Gasteiger partial charge in [0.05, 0.1) is 12.2 Å². The molecule has 106 valence electrons. The molecule has 0 aliphatic carbocycles. The van der Waals surface area contributed by atoms with Crippen LogP contribution < -0.4 is 4.74 Å². The zero-order chi connectivity index (χ0) is 14.8. The van der Waals surface area contributed by atoms with E-state index in [4.69, 9.17) is 4.74 Å². The molecule has 0 saturated carbocycles. The van der Waals surface area contributed by atoms with Gasteiger partial charge in [-0.2, -0.15) is 13.2 Å². The lowest BCUT2D eigenvalue weighted by atomic mass is 10.2. The molecular formula is C13H9BrF3NO2. The van der Waals surface area contributed by atoms with Crippen molar-refractivity contribution in [1.82, 2.24) is 4.98 Å². The maximum atomic E-state index is 12.6. The lowest BCUT2D eigenvalue weighted by molar-refractivity contribution is -0.137. The van der Waals surface area contributed by atoms with Crippen LogP contribution in [0.15, 0.2) is 41.0 Å². The molecule has 2 aromatic rings. The minimum Gasteiger partial charge on any atom is -0.439 e. The maximum Gasteiger partial charge on any atom is 0.416 e. The molecule has 0 aliphatic rings. The summed E-state index contributed by atoms with van der Waals surface area (Å²) in [6.07, 6.45) is -3.01. The van der Waals surface area contributed by atoms with E-state index in [1.807, 2.05) is 0 Å². The number of benzene rings is 1. The predicted octanol–water partition coefficient (Wildman–Crippen LogP) is 4.15. The monoisotopic (exact) mass is 347 g/mol. The Labute approximate surface area is 121 Å². The lowest BCUT2D eigenvalue weighted by Gasteiger charge is -2.11. The summed E-state index contributed by atoms with van der Waals surface area (Å²) in [5.74, 6) is 0.0689. The average molecular weight is 348 g/mol. The predicted molar refractivity (Wildman–Crippen MR) is 69.4 cm³/mol. The van der Waals surface area contributed by atoms with E-state index < -0.39 is 11.7 Å². The van der Waals surface area contributed by atoms with Crippen LogP contribution in [0.4, 0.5) is 13.2 Å². The number of aromatic nitrogens is 1. The van der Waals surface area contributed by atoms with Crippen LogP contribution in [0.1, 0.15) is 11.1 Å². The summed E-state index contributed by atoms with van der Waals surface area (Å²) in [4.78, 5) is 3.93. The highest BCUT2D eigenvalue weighted by Crippen LogP contribution is 2.33. The standard InChI is InChI=1S/C13H9BrF3NO2/c14-10-4-8(7-19)12(18-6-10)20-11-3-1-2-9(5-11)13(15,16)17/h1-6,19H,7H2. The normalized spacial score (nSPS) is 11.4. The van der Waals surface area contributed by atoms with Crippen LogP contribution in [0, 0.1) is 0 Å². The van der Waals surface area contributed by atoms with Crippen molar-refractivity contribution < 1.29 is 23.0 Å². The molecule has 1 aromatic carbocycles. The molecule has 0 amide bonds. The number of ether oxygens (including phenoxy) is 1. The number of nitrogens with zero attached hydrogens (tertiary/aromatic N) is 1. The Bertz CT molecular complexity index is 617. The van der Waals surface area contributed by atoms with E-state index in [-0.39, 0.29) is 18.2 Å². The molecule has 0 aliphatic heterocycles. The Morgan fingerprint density at radius 2 is 2.00 bits per heavy atom. The van der Waals surface area contributed by atoms with Crippen molar-refractivity contribution in [2.45, 2.75) is 12.8 Å². The highest BCUT2D eigenvalue weighted by molar-refractivity contribution is 9.10. The molecule has 0 saturated heterocycles. The van der Waals surface area contributed by atoms with Gasteiger partial charge in [-0.05, 0) is 40.2 Å². The second-order valence-corrected chi connectivity index (χ2v) is 4.82. The zero-order valence-electron chi connectivity index (χ0n) is 9.99. The molecule has 2 rings (SSSR count). The fourth-order valence-electron chi connectivity index (χ4n) is 1.52. The first-order valence-electron chi connectivity index (χ1n) is 5.50. The highest BCUT2D eigenvalue weighted by atomic mass is 79.9. The SMILES string of the molecule is OCc1cc(Br)cnc1Oc1cccc(C(F)(F)F)c1. The van der Waals surface area contributed by atoms with Crippen LogP contribution in [0.2, 0.25) is 0 Å². The van der Waals surface area contributed by atoms with Gasteiger partial charge in [0.25, 0.3) is 0 Å². The quantitative estimate of drug-likeness (QED) is 0.906. The van der Waals surface area contributed by atoms with Gasteiger partial charge in [0.15, 0.2) is 0 Å². The molecule has 20 heavy (non-hydrogen) atoms. The molecule has 0 radical (unpaired) electrons. The maximum absolute atomic E-state index is 12.6. The number of pyridine rings is 1. The van der Waals surface area contributed by atoms with Crippen LogP contribution in [-0.2, 0) is 12.8 Å². The Morgan fingerprint density at radius 3 is 2.65 bits per heavy atom. The first-order valence-corrected chi connectivity index (χ1v) is 6.30. The first kappa shape index (κ1) is 14.8. The summed E-state index contributed by atoms with van der Waals surface area (Å²) < 4.78 is 43.7. The van der Waals surface area contributed by atoms with Crippen molar-refractivity contribution in [2.24, 2.45) is 0 Å². The molecule has 0 bridgehead atoms. The second kappa shape index (κ2) is 5.80.